The maximum atomic E-state index is 12.9. The smallest absolute Gasteiger partial charge is 0.226 e. The zero-order chi connectivity index (χ0) is 22.5. The number of hydrogen-bond donors (Lipinski definition) is 1. The number of hydrogen-bond acceptors (Lipinski definition) is 5. The van der Waals surface area contributed by atoms with Gasteiger partial charge in [0.15, 0.2) is 0 Å². The third-order valence-electron chi connectivity index (χ3n) is 6.06. The first-order chi connectivity index (χ1) is 15.6. The van der Waals surface area contributed by atoms with Crippen molar-refractivity contribution in [1.29, 1.82) is 5.26 Å². The van der Waals surface area contributed by atoms with E-state index >= 15 is 0 Å². The summed E-state index contributed by atoms with van der Waals surface area (Å²) in [5, 5.41) is 16.6. The van der Waals surface area contributed by atoms with Gasteiger partial charge in [-0.3, -0.25) is 9.48 Å². The monoisotopic (exact) mass is 428 g/mol. The molecule has 0 radical (unpaired) electrons. The van der Waals surface area contributed by atoms with Crippen LogP contribution in [0.4, 0.5) is 11.5 Å². The molecule has 0 spiro atoms. The minimum atomic E-state index is 0.157. The number of amides is 1. The normalized spacial score (nSPS) is 18.0. The second kappa shape index (κ2) is 9.65. The highest BCUT2D eigenvalue weighted by molar-refractivity contribution is 5.94. The number of nitrogens with one attached hydrogen (secondary N) is 1. The van der Waals surface area contributed by atoms with Crippen LogP contribution < -0.4 is 10.2 Å². The third-order valence-corrected chi connectivity index (χ3v) is 6.06. The number of nitriles is 1. The molecule has 1 amide bonds. The molecule has 4 rings (SSSR count). The van der Waals surface area contributed by atoms with E-state index in [0.717, 1.165) is 48.3 Å². The molecule has 0 unspecified atom stereocenters. The lowest BCUT2D eigenvalue weighted by atomic mass is 9.89. The van der Waals surface area contributed by atoms with Gasteiger partial charge in [0.2, 0.25) is 5.91 Å². The first-order valence-electron chi connectivity index (χ1n) is 11.1. The SMILES string of the molecule is CCC(=O)N(c1ccc(-c2cnn(C)c2)cc1)[C@H]1CC[C@H](Nc2ccc(C#N)cn2)CC1. The van der Waals surface area contributed by atoms with Crippen molar-refractivity contribution in [2.24, 2.45) is 7.05 Å². The molecule has 164 valence electrons. The first kappa shape index (κ1) is 21.6. The van der Waals surface area contributed by atoms with Gasteiger partial charge >= 0.3 is 0 Å². The van der Waals surface area contributed by atoms with Crippen LogP contribution in [0.15, 0.2) is 55.0 Å². The quantitative estimate of drug-likeness (QED) is 0.624. The van der Waals surface area contributed by atoms with Crippen molar-refractivity contribution < 1.29 is 4.79 Å². The summed E-state index contributed by atoms with van der Waals surface area (Å²) in [6.07, 6.45) is 9.71. The van der Waals surface area contributed by atoms with Crippen LogP contribution in [0.5, 0.6) is 0 Å². The summed E-state index contributed by atoms with van der Waals surface area (Å²) in [7, 11) is 1.90. The fourth-order valence-corrected chi connectivity index (χ4v) is 4.35. The molecular formula is C25H28N6O. The molecule has 0 atom stereocenters. The van der Waals surface area contributed by atoms with Gasteiger partial charge < -0.3 is 10.2 Å². The van der Waals surface area contributed by atoms with Crippen molar-refractivity contribution in [2.75, 3.05) is 10.2 Å². The molecule has 7 nitrogen and oxygen atoms in total. The number of carbonyl (C=O) groups excluding carboxylic acids is 1. The highest BCUT2D eigenvalue weighted by atomic mass is 16.2. The van der Waals surface area contributed by atoms with Gasteiger partial charge in [0, 0.05) is 49.2 Å². The summed E-state index contributed by atoms with van der Waals surface area (Å²) in [4.78, 5) is 19.2. The van der Waals surface area contributed by atoms with Crippen molar-refractivity contribution in [2.45, 2.75) is 51.1 Å². The van der Waals surface area contributed by atoms with Crippen LogP contribution in [-0.4, -0.2) is 32.8 Å². The minimum Gasteiger partial charge on any atom is -0.367 e. The molecule has 32 heavy (non-hydrogen) atoms. The summed E-state index contributed by atoms with van der Waals surface area (Å²) in [5.41, 5.74) is 3.67. The van der Waals surface area contributed by atoms with Crippen molar-refractivity contribution in [3.63, 3.8) is 0 Å². The number of benzene rings is 1. The van der Waals surface area contributed by atoms with E-state index in [2.05, 4.69) is 33.6 Å². The second-order valence-electron chi connectivity index (χ2n) is 8.26. The van der Waals surface area contributed by atoms with Gasteiger partial charge in [0.05, 0.1) is 11.8 Å². The summed E-state index contributed by atoms with van der Waals surface area (Å²) < 4.78 is 1.79. The molecule has 1 aliphatic carbocycles. The van der Waals surface area contributed by atoms with E-state index in [1.165, 1.54) is 0 Å². The Bertz CT molecular complexity index is 1090. The minimum absolute atomic E-state index is 0.157. The standard InChI is InChI=1S/C25H28N6O/c1-3-25(32)31(22-9-5-19(6-10-22)20-16-28-30(2)17-20)23-11-7-21(8-12-23)29-24-13-4-18(14-26)15-27-24/h4-6,9-10,13,15-17,21,23H,3,7-8,11-12H2,1-2H3,(H,27,29)/t21-,23-. The number of rotatable bonds is 6. The Balaban J connectivity index is 1.42. The zero-order valence-electron chi connectivity index (χ0n) is 18.5. The van der Waals surface area contributed by atoms with Crippen molar-refractivity contribution >= 4 is 17.4 Å². The molecule has 0 bridgehead atoms. The molecule has 1 fully saturated rings. The molecule has 0 saturated heterocycles. The van der Waals surface area contributed by atoms with E-state index in [9.17, 15) is 4.79 Å². The highest BCUT2D eigenvalue weighted by Gasteiger charge is 2.29. The van der Waals surface area contributed by atoms with Gasteiger partial charge in [0.1, 0.15) is 11.9 Å². The lowest BCUT2D eigenvalue weighted by Crippen LogP contribution is -2.44. The zero-order valence-corrected chi connectivity index (χ0v) is 18.5. The van der Waals surface area contributed by atoms with Gasteiger partial charge in [0.25, 0.3) is 0 Å². The molecule has 1 saturated carbocycles. The largest absolute Gasteiger partial charge is 0.367 e. The van der Waals surface area contributed by atoms with Crippen LogP contribution in [0, 0.1) is 11.3 Å². The molecule has 2 aromatic heterocycles. The van der Waals surface area contributed by atoms with Gasteiger partial charge in [-0.2, -0.15) is 10.4 Å². The lowest BCUT2D eigenvalue weighted by molar-refractivity contribution is -0.118. The Morgan fingerprint density at radius 2 is 1.88 bits per heavy atom. The van der Waals surface area contributed by atoms with E-state index in [1.807, 2.05) is 49.5 Å². The van der Waals surface area contributed by atoms with Crippen molar-refractivity contribution in [3.05, 3.63) is 60.6 Å². The average Bonchev–Trinajstić information content (AvgIpc) is 3.27. The third kappa shape index (κ3) is 4.80. The number of carbonyl (C=O) groups is 1. The van der Waals surface area contributed by atoms with Crippen LogP contribution in [0.1, 0.15) is 44.6 Å². The number of aryl methyl sites for hydroxylation is 1. The first-order valence-corrected chi connectivity index (χ1v) is 11.1. The average molecular weight is 429 g/mol. The Labute approximate surface area is 188 Å². The topological polar surface area (TPSA) is 86.8 Å². The maximum Gasteiger partial charge on any atom is 0.226 e. The molecule has 3 aromatic rings. The van der Waals surface area contributed by atoms with Crippen LogP contribution in [0.2, 0.25) is 0 Å². The van der Waals surface area contributed by atoms with Crippen LogP contribution in [0.25, 0.3) is 11.1 Å². The Hall–Kier alpha value is -3.66. The molecule has 1 aromatic carbocycles. The number of pyridine rings is 1. The van der Waals surface area contributed by atoms with E-state index in [-0.39, 0.29) is 11.9 Å². The molecule has 1 N–H and O–H groups in total. The molecule has 7 heteroatoms. The lowest BCUT2D eigenvalue weighted by Gasteiger charge is -2.37. The molecule has 1 aliphatic rings. The Morgan fingerprint density at radius 1 is 1.12 bits per heavy atom. The predicted molar refractivity (Wildman–Crippen MR) is 125 cm³/mol. The molecular weight excluding hydrogens is 400 g/mol. The highest BCUT2D eigenvalue weighted by Crippen LogP contribution is 2.31. The van der Waals surface area contributed by atoms with Crippen LogP contribution in [-0.2, 0) is 11.8 Å². The van der Waals surface area contributed by atoms with Crippen LogP contribution in [0.3, 0.4) is 0 Å². The van der Waals surface area contributed by atoms with E-state index in [0.29, 0.717) is 18.0 Å². The molecule has 2 heterocycles. The van der Waals surface area contributed by atoms with Crippen molar-refractivity contribution in [1.82, 2.24) is 14.8 Å². The van der Waals surface area contributed by atoms with E-state index in [1.54, 1.807) is 16.9 Å². The predicted octanol–water partition coefficient (Wildman–Crippen LogP) is 4.52. The summed E-state index contributed by atoms with van der Waals surface area (Å²) in [6, 6.07) is 14.4. The van der Waals surface area contributed by atoms with Gasteiger partial charge in [-0.05, 0) is 55.5 Å². The van der Waals surface area contributed by atoms with E-state index < -0.39 is 0 Å². The number of nitrogens with zero attached hydrogens (tertiary/aromatic N) is 5. The Kier molecular flexibility index (Phi) is 6.50. The Morgan fingerprint density at radius 3 is 2.44 bits per heavy atom. The summed E-state index contributed by atoms with van der Waals surface area (Å²) in [6.45, 7) is 1.92. The number of anilines is 2. The summed E-state index contributed by atoms with van der Waals surface area (Å²) >= 11 is 0. The number of aromatic nitrogens is 3. The van der Waals surface area contributed by atoms with Crippen molar-refractivity contribution in [3.8, 4) is 17.2 Å². The fourth-order valence-electron chi connectivity index (χ4n) is 4.35. The van der Waals surface area contributed by atoms with Crippen LogP contribution >= 0.6 is 0 Å². The van der Waals surface area contributed by atoms with Gasteiger partial charge in [-0.25, -0.2) is 4.98 Å². The van der Waals surface area contributed by atoms with E-state index in [4.69, 9.17) is 5.26 Å². The molecule has 0 aliphatic heterocycles. The second-order valence-corrected chi connectivity index (χ2v) is 8.26. The van der Waals surface area contributed by atoms with Gasteiger partial charge in [-0.1, -0.05) is 19.1 Å². The maximum absolute atomic E-state index is 12.9. The fraction of sp³-hybridized carbons (Fsp3) is 0.360. The van der Waals surface area contributed by atoms with Gasteiger partial charge in [-0.15, -0.1) is 0 Å². The summed E-state index contributed by atoms with van der Waals surface area (Å²) in [5.74, 6) is 0.948.